The summed E-state index contributed by atoms with van der Waals surface area (Å²) in [4.78, 5) is 28.2. The summed E-state index contributed by atoms with van der Waals surface area (Å²) in [6, 6.07) is 13.7. The summed E-state index contributed by atoms with van der Waals surface area (Å²) in [6.07, 6.45) is 5.44. The van der Waals surface area contributed by atoms with Crippen LogP contribution in [-0.2, 0) is 11.2 Å². The number of fused-ring (bicyclic) bond motifs is 1. The van der Waals surface area contributed by atoms with Gasteiger partial charge < -0.3 is 19.9 Å². The summed E-state index contributed by atoms with van der Waals surface area (Å²) in [6.45, 7) is 7.21. The highest BCUT2D eigenvalue weighted by atomic mass is 16.5. The number of amides is 1. The van der Waals surface area contributed by atoms with Crippen LogP contribution in [0.3, 0.4) is 0 Å². The van der Waals surface area contributed by atoms with Gasteiger partial charge in [0.2, 0.25) is 5.95 Å². The average molecular weight is 462 g/mol. The van der Waals surface area contributed by atoms with E-state index < -0.39 is 0 Å². The van der Waals surface area contributed by atoms with Crippen molar-refractivity contribution >= 4 is 11.9 Å². The van der Waals surface area contributed by atoms with Gasteiger partial charge in [0.15, 0.2) is 0 Å². The second kappa shape index (κ2) is 8.61. The standard InChI is InChI=1S/C27H35N5O2/c1-18-15-20(30-26(28-18)31-11-13-34-14-12-31)25(33)32-22(16-19-7-4-3-5-8-19)21-17-27(2)23(29-21)9-6-10-24(27)32/h3-5,7-8,15,21-24,29H,6,9-14,16-17H2,1-2H3/t21-,22-,23-,24+,27-/m0/s1. The SMILES string of the molecule is Cc1cc(C(=O)N2[C@@H](Cc3ccccc3)[C@@H]3C[C@@]4(C)[C@H](CCC[C@@H]24)N3)nc(N2CCOCC2)n1. The van der Waals surface area contributed by atoms with Crippen molar-refractivity contribution in [2.75, 3.05) is 31.2 Å². The first-order chi connectivity index (χ1) is 16.5. The lowest BCUT2D eigenvalue weighted by Crippen LogP contribution is -2.62. The average Bonchev–Trinajstić information content (AvgIpc) is 3.21. The van der Waals surface area contributed by atoms with Crippen LogP contribution in [0.5, 0.6) is 0 Å². The molecule has 1 amide bonds. The maximum absolute atomic E-state index is 14.3. The van der Waals surface area contributed by atoms with Gasteiger partial charge in [0.25, 0.3) is 5.91 Å². The van der Waals surface area contributed by atoms with E-state index in [0.29, 0.717) is 36.9 Å². The van der Waals surface area contributed by atoms with Gasteiger partial charge >= 0.3 is 0 Å². The number of hydrogen-bond acceptors (Lipinski definition) is 6. The second-order valence-corrected chi connectivity index (χ2v) is 10.7. The van der Waals surface area contributed by atoms with Crippen molar-refractivity contribution in [3.05, 3.63) is 53.3 Å². The van der Waals surface area contributed by atoms with Crippen molar-refractivity contribution in [3.63, 3.8) is 0 Å². The number of nitrogens with zero attached hydrogens (tertiary/aromatic N) is 4. The molecule has 1 aromatic carbocycles. The van der Waals surface area contributed by atoms with Crippen LogP contribution >= 0.6 is 0 Å². The number of morpholine rings is 1. The zero-order valence-electron chi connectivity index (χ0n) is 20.2. The lowest BCUT2D eigenvalue weighted by molar-refractivity contribution is -0.0115. The minimum atomic E-state index is 0.0613. The van der Waals surface area contributed by atoms with Crippen molar-refractivity contribution < 1.29 is 9.53 Å². The van der Waals surface area contributed by atoms with Crippen molar-refractivity contribution in [2.45, 2.75) is 70.1 Å². The number of carbonyl (C=O) groups excluding carboxylic acids is 1. The highest BCUT2D eigenvalue weighted by Gasteiger charge is 2.60. The number of anilines is 1. The van der Waals surface area contributed by atoms with E-state index in [1.807, 2.05) is 13.0 Å². The smallest absolute Gasteiger partial charge is 0.273 e. The topological polar surface area (TPSA) is 70.6 Å². The Morgan fingerprint density at radius 1 is 1.18 bits per heavy atom. The van der Waals surface area contributed by atoms with E-state index in [4.69, 9.17) is 9.72 Å². The highest BCUT2D eigenvalue weighted by molar-refractivity contribution is 5.93. The summed E-state index contributed by atoms with van der Waals surface area (Å²) in [5.74, 6) is 0.711. The highest BCUT2D eigenvalue weighted by Crippen LogP contribution is 2.52. The van der Waals surface area contributed by atoms with E-state index in [1.165, 1.54) is 12.0 Å². The molecule has 7 nitrogen and oxygen atoms in total. The monoisotopic (exact) mass is 461 g/mol. The molecular formula is C27H35N5O2. The molecule has 4 heterocycles. The Morgan fingerprint density at radius 3 is 2.76 bits per heavy atom. The molecule has 0 spiro atoms. The molecule has 34 heavy (non-hydrogen) atoms. The van der Waals surface area contributed by atoms with Crippen LogP contribution in [0.25, 0.3) is 0 Å². The number of aromatic nitrogens is 2. The summed E-state index contributed by atoms with van der Waals surface area (Å²) in [7, 11) is 0. The molecule has 6 rings (SSSR count). The van der Waals surface area contributed by atoms with Crippen molar-refractivity contribution in [1.82, 2.24) is 20.2 Å². The molecule has 0 radical (unpaired) electrons. The summed E-state index contributed by atoms with van der Waals surface area (Å²) >= 11 is 0. The van der Waals surface area contributed by atoms with Crippen LogP contribution in [0.15, 0.2) is 36.4 Å². The molecule has 180 valence electrons. The second-order valence-electron chi connectivity index (χ2n) is 10.7. The zero-order chi connectivity index (χ0) is 23.3. The van der Waals surface area contributed by atoms with E-state index in [0.717, 1.165) is 44.5 Å². The number of nitrogens with one attached hydrogen (secondary N) is 1. The molecular weight excluding hydrogens is 426 g/mol. The van der Waals surface area contributed by atoms with Crippen LogP contribution in [-0.4, -0.2) is 71.2 Å². The van der Waals surface area contributed by atoms with Gasteiger partial charge in [0.1, 0.15) is 5.69 Å². The largest absolute Gasteiger partial charge is 0.378 e. The molecule has 0 unspecified atom stereocenters. The van der Waals surface area contributed by atoms with Gasteiger partial charge in [-0.05, 0) is 50.7 Å². The molecule has 1 aliphatic carbocycles. The number of hydrogen-bond donors (Lipinski definition) is 1. The van der Waals surface area contributed by atoms with Crippen LogP contribution in [0, 0.1) is 12.3 Å². The van der Waals surface area contributed by atoms with Crippen molar-refractivity contribution in [3.8, 4) is 0 Å². The van der Waals surface area contributed by atoms with Crippen molar-refractivity contribution in [1.29, 1.82) is 0 Å². The van der Waals surface area contributed by atoms with Crippen LogP contribution in [0.2, 0.25) is 0 Å². The van der Waals surface area contributed by atoms with Crippen LogP contribution < -0.4 is 10.2 Å². The zero-order valence-corrected chi connectivity index (χ0v) is 20.2. The molecule has 3 saturated heterocycles. The normalized spacial score (nSPS) is 32.6. The molecule has 7 heteroatoms. The Hall–Kier alpha value is -2.51. The fraction of sp³-hybridized carbons (Fsp3) is 0.593. The van der Waals surface area contributed by atoms with Gasteiger partial charge in [-0.25, -0.2) is 9.97 Å². The summed E-state index contributed by atoms with van der Waals surface area (Å²) < 4.78 is 5.50. The third kappa shape index (κ3) is 3.69. The number of likely N-dealkylation sites (tertiary alicyclic amines) is 1. The Balaban J connectivity index is 1.38. The lowest BCUT2D eigenvalue weighted by Gasteiger charge is -2.53. The lowest BCUT2D eigenvalue weighted by atomic mass is 9.64. The van der Waals surface area contributed by atoms with Crippen molar-refractivity contribution in [2.24, 2.45) is 5.41 Å². The maximum Gasteiger partial charge on any atom is 0.273 e. The molecule has 1 aromatic heterocycles. The molecule has 3 aliphatic heterocycles. The van der Waals surface area contributed by atoms with E-state index in [1.54, 1.807) is 0 Å². The fourth-order valence-electron chi connectivity index (χ4n) is 6.97. The Kier molecular flexibility index (Phi) is 5.57. The summed E-state index contributed by atoms with van der Waals surface area (Å²) in [5.41, 5.74) is 2.77. The Labute approximate surface area is 201 Å². The molecule has 2 aromatic rings. The Bertz CT molecular complexity index is 1060. The Morgan fingerprint density at radius 2 is 1.97 bits per heavy atom. The van der Waals surface area contributed by atoms with E-state index in [2.05, 4.69) is 57.4 Å². The first-order valence-electron chi connectivity index (χ1n) is 12.8. The minimum Gasteiger partial charge on any atom is -0.378 e. The number of rotatable bonds is 4. The van der Waals surface area contributed by atoms with Crippen LogP contribution in [0.1, 0.15) is 54.4 Å². The van der Waals surface area contributed by atoms with Gasteiger partial charge in [0, 0.05) is 42.3 Å². The van der Waals surface area contributed by atoms with E-state index in [9.17, 15) is 4.79 Å². The molecule has 1 N–H and O–H groups in total. The number of piperidine rings is 1. The minimum absolute atomic E-state index is 0.0613. The molecule has 4 aliphatic rings. The molecule has 5 atom stereocenters. The first-order valence-corrected chi connectivity index (χ1v) is 12.8. The number of carbonyl (C=O) groups is 1. The number of ether oxygens (including phenoxy) is 1. The number of benzene rings is 1. The molecule has 1 saturated carbocycles. The predicted octanol–water partition coefficient (Wildman–Crippen LogP) is 2.98. The van der Waals surface area contributed by atoms with Gasteiger partial charge in [0.05, 0.1) is 19.3 Å². The third-order valence-electron chi connectivity index (χ3n) is 8.64. The predicted molar refractivity (Wildman–Crippen MR) is 131 cm³/mol. The van der Waals surface area contributed by atoms with Gasteiger partial charge in [-0.15, -0.1) is 0 Å². The van der Waals surface area contributed by atoms with E-state index >= 15 is 0 Å². The number of aryl methyl sites for hydroxylation is 1. The van der Waals surface area contributed by atoms with Crippen LogP contribution in [0.4, 0.5) is 5.95 Å². The van der Waals surface area contributed by atoms with Gasteiger partial charge in [-0.1, -0.05) is 37.3 Å². The summed E-state index contributed by atoms with van der Waals surface area (Å²) in [5, 5.41) is 3.96. The van der Waals surface area contributed by atoms with Gasteiger partial charge in [-0.2, -0.15) is 0 Å². The molecule has 4 fully saturated rings. The fourth-order valence-corrected chi connectivity index (χ4v) is 6.97. The first kappa shape index (κ1) is 22.0. The van der Waals surface area contributed by atoms with E-state index in [-0.39, 0.29) is 23.4 Å². The quantitative estimate of drug-likeness (QED) is 0.755. The van der Waals surface area contributed by atoms with Gasteiger partial charge in [-0.3, -0.25) is 4.79 Å². The third-order valence-corrected chi connectivity index (χ3v) is 8.64. The molecule has 2 bridgehead atoms. The maximum atomic E-state index is 14.3.